The Morgan fingerprint density at radius 3 is 2.26 bits per heavy atom. The number of urea groups is 1. The van der Waals surface area contributed by atoms with Crippen LogP contribution in [0.2, 0.25) is 0 Å². The lowest BCUT2D eigenvalue weighted by molar-refractivity contribution is -0.138. The molecule has 2 saturated heterocycles. The second-order valence-electron chi connectivity index (χ2n) is 4.86. The molecule has 0 aromatic carbocycles. The zero-order valence-electron chi connectivity index (χ0n) is 10.4. The van der Waals surface area contributed by atoms with Crippen LogP contribution in [0.1, 0.15) is 12.8 Å². The van der Waals surface area contributed by atoms with E-state index in [2.05, 4.69) is 0 Å². The minimum atomic E-state index is -1.18. The lowest BCUT2D eigenvalue weighted by Gasteiger charge is -2.35. The summed E-state index contributed by atoms with van der Waals surface area (Å²) >= 11 is 0. The van der Waals surface area contributed by atoms with E-state index in [9.17, 15) is 14.4 Å². The maximum atomic E-state index is 12.2. The van der Waals surface area contributed by atoms with Crippen molar-refractivity contribution in [3.05, 3.63) is 0 Å². The molecule has 0 aromatic rings. The molecule has 2 aliphatic rings. The lowest BCUT2D eigenvalue weighted by atomic mass is 10.2. The first-order valence-electron chi connectivity index (χ1n) is 6.15. The Bertz CT molecular complexity index is 372. The Balaban J connectivity index is 2.01. The van der Waals surface area contributed by atoms with Gasteiger partial charge in [-0.05, 0) is 12.8 Å². The standard InChI is InChI=1S/C11H17N3O5/c12-9(15)5-14(6-10(16)17)11(18)13-3-7-1-2-8(4-13)19-7/h7-8H,1-6H2,(H2,12,15)(H,16,17). The average Bonchev–Trinajstić information content (AvgIpc) is 2.65. The van der Waals surface area contributed by atoms with Crippen molar-refractivity contribution < 1.29 is 24.2 Å². The van der Waals surface area contributed by atoms with Gasteiger partial charge in [-0.2, -0.15) is 0 Å². The minimum absolute atomic E-state index is 0.0166. The number of fused-ring (bicyclic) bond motifs is 2. The fourth-order valence-electron chi connectivity index (χ4n) is 2.51. The summed E-state index contributed by atoms with van der Waals surface area (Å²) in [6.45, 7) is -0.0548. The second-order valence-corrected chi connectivity index (χ2v) is 4.86. The van der Waals surface area contributed by atoms with Gasteiger partial charge in [0.25, 0.3) is 0 Å². The van der Waals surface area contributed by atoms with Crippen LogP contribution < -0.4 is 5.73 Å². The van der Waals surface area contributed by atoms with Crippen molar-refractivity contribution in [3.63, 3.8) is 0 Å². The molecule has 2 rings (SSSR count). The summed E-state index contributed by atoms with van der Waals surface area (Å²) in [5.74, 6) is -1.91. The van der Waals surface area contributed by atoms with Gasteiger partial charge in [0.2, 0.25) is 5.91 Å². The van der Waals surface area contributed by atoms with Crippen LogP contribution in [0.4, 0.5) is 4.79 Å². The van der Waals surface area contributed by atoms with Crippen molar-refractivity contribution in [3.8, 4) is 0 Å². The van der Waals surface area contributed by atoms with E-state index in [-0.39, 0.29) is 12.2 Å². The van der Waals surface area contributed by atoms with Crippen molar-refractivity contribution in [2.24, 2.45) is 5.73 Å². The van der Waals surface area contributed by atoms with E-state index in [1.54, 1.807) is 0 Å². The summed E-state index contributed by atoms with van der Waals surface area (Å²) < 4.78 is 5.60. The fourth-order valence-corrected chi connectivity index (χ4v) is 2.51. The second kappa shape index (κ2) is 5.43. The number of hydrogen-bond acceptors (Lipinski definition) is 4. The third-order valence-electron chi connectivity index (χ3n) is 3.26. The van der Waals surface area contributed by atoms with Crippen LogP contribution >= 0.6 is 0 Å². The SMILES string of the molecule is NC(=O)CN(CC(=O)O)C(=O)N1CC2CCC(C1)O2. The molecule has 2 heterocycles. The molecule has 0 aliphatic carbocycles. The molecule has 19 heavy (non-hydrogen) atoms. The number of ether oxygens (including phenoxy) is 1. The zero-order chi connectivity index (χ0) is 14.0. The molecule has 2 bridgehead atoms. The molecule has 2 atom stereocenters. The Morgan fingerprint density at radius 1 is 1.21 bits per heavy atom. The molecule has 3 N–H and O–H groups in total. The van der Waals surface area contributed by atoms with Gasteiger partial charge in [0.05, 0.1) is 12.2 Å². The van der Waals surface area contributed by atoms with Crippen LogP contribution in [0.5, 0.6) is 0 Å². The normalized spacial score (nSPS) is 25.2. The minimum Gasteiger partial charge on any atom is -0.480 e. The molecule has 0 radical (unpaired) electrons. The highest BCUT2D eigenvalue weighted by atomic mass is 16.5. The number of nitrogens with two attached hydrogens (primary N) is 1. The first-order valence-corrected chi connectivity index (χ1v) is 6.15. The quantitative estimate of drug-likeness (QED) is 0.669. The molecule has 0 spiro atoms. The number of nitrogens with zero attached hydrogens (tertiary/aromatic N) is 2. The monoisotopic (exact) mass is 271 g/mol. The summed E-state index contributed by atoms with van der Waals surface area (Å²) in [6.07, 6.45) is 1.85. The molecular weight excluding hydrogens is 254 g/mol. The van der Waals surface area contributed by atoms with Gasteiger partial charge in [0.1, 0.15) is 13.1 Å². The van der Waals surface area contributed by atoms with Crippen LogP contribution in [-0.4, -0.2) is 71.2 Å². The average molecular weight is 271 g/mol. The summed E-state index contributed by atoms with van der Waals surface area (Å²) in [6, 6.07) is -0.471. The highest BCUT2D eigenvalue weighted by Crippen LogP contribution is 2.26. The van der Waals surface area contributed by atoms with Crippen LogP contribution in [0.25, 0.3) is 0 Å². The predicted octanol–water partition coefficient (Wildman–Crippen LogP) is -1.16. The molecule has 0 saturated carbocycles. The van der Waals surface area contributed by atoms with E-state index in [1.807, 2.05) is 0 Å². The van der Waals surface area contributed by atoms with E-state index in [1.165, 1.54) is 4.90 Å². The Labute approximate surface area is 110 Å². The largest absolute Gasteiger partial charge is 0.480 e. The lowest BCUT2D eigenvalue weighted by Crippen LogP contribution is -2.53. The number of amides is 3. The van der Waals surface area contributed by atoms with Gasteiger partial charge in [0.15, 0.2) is 0 Å². The van der Waals surface area contributed by atoms with Crippen molar-refractivity contribution in [1.29, 1.82) is 0 Å². The number of aliphatic carboxylic acids is 1. The number of carbonyl (C=O) groups is 3. The third kappa shape index (κ3) is 3.34. The van der Waals surface area contributed by atoms with Gasteiger partial charge in [-0.25, -0.2) is 4.79 Å². The van der Waals surface area contributed by atoms with Gasteiger partial charge >= 0.3 is 12.0 Å². The van der Waals surface area contributed by atoms with Crippen LogP contribution in [0.3, 0.4) is 0 Å². The predicted molar refractivity (Wildman–Crippen MR) is 63.3 cm³/mol. The molecule has 8 heteroatoms. The van der Waals surface area contributed by atoms with Gasteiger partial charge in [-0.15, -0.1) is 0 Å². The molecule has 2 fully saturated rings. The maximum absolute atomic E-state index is 12.2. The first-order chi connectivity index (χ1) is 8.95. The third-order valence-corrected chi connectivity index (χ3v) is 3.26. The Kier molecular flexibility index (Phi) is 3.89. The van der Waals surface area contributed by atoms with E-state index >= 15 is 0 Å². The van der Waals surface area contributed by atoms with Crippen LogP contribution in [-0.2, 0) is 14.3 Å². The van der Waals surface area contributed by atoms with E-state index in [0.29, 0.717) is 13.1 Å². The summed E-state index contributed by atoms with van der Waals surface area (Å²) in [5, 5.41) is 8.77. The zero-order valence-corrected chi connectivity index (χ0v) is 10.4. The first kappa shape index (κ1) is 13.6. The molecule has 2 unspecified atom stereocenters. The van der Waals surface area contributed by atoms with Gasteiger partial charge in [0, 0.05) is 13.1 Å². The summed E-state index contributed by atoms with van der Waals surface area (Å²) in [7, 11) is 0. The number of morpholine rings is 1. The topological polar surface area (TPSA) is 113 Å². The molecule has 2 aliphatic heterocycles. The highest BCUT2D eigenvalue weighted by Gasteiger charge is 2.37. The van der Waals surface area contributed by atoms with E-state index < -0.39 is 31.0 Å². The maximum Gasteiger partial charge on any atom is 0.323 e. The van der Waals surface area contributed by atoms with Crippen molar-refractivity contribution in [2.75, 3.05) is 26.2 Å². The Hall–Kier alpha value is -1.83. The van der Waals surface area contributed by atoms with Crippen molar-refractivity contribution in [1.82, 2.24) is 9.80 Å². The molecular formula is C11H17N3O5. The fraction of sp³-hybridized carbons (Fsp3) is 0.727. The van der Waals surface area contributed by atoms with Gasteiger partial charge < -0.3 is 25.4 Å². The van der Waals surface area contributed by atoms with Crippen molar-refractivity contribution in [2.45, 2.75) is 25.0 Å². The number of primary amides is 1. The summed E-state index contributed by atoms with van der Waals surface area (Å²) in [5.41, 5.74) is 5.03. The molecule has 106 valence electrons. The number of carboxylic acid groups (broad SMARTS) is 1. The van der Waals surface area contributed by atoms with Crippen molar-refractivity contribution >= 4 is 17.9 Å². The number of hydrogen-bond donors (Lipinski definition) is 2. The highest BCUT2D eigenvalue weighted by molar-refractivity contribution is 5.86. The smallest absolute Gasteiger partial charge is 0.323 e. The van der Waals surface area contributed by atoms with E-state index in [0.717, 1.165) is 17.7 Å². The van der Waals surface area contributed by atoms with Gasteiger partial charge in [-0.1, -0.05) is 0 Å². The number of carboxylic acids is 1. The van der Waals surface area contributed by atoms with E-state index in [4.69, 9.17) is 15.6 Å². The molecule has 3 amide bonds. The van der Waals surface area contributed by atoms with Gasteiger partial charge in [-0.3, -0.25) is 9.59 Å². The van der Waals surface area contributed by atoms with Crippen LogP contribution in [0.15, 0.2) is 0 Å². The number of rotatable bonds is 4. The Morgan fingerprint density at radius 2 is 1.79 bits per heavy atom. The van der Waals surface area contributed by atoms with Crippen LogP contribution in [0, 0.1) is 0 Å². The molecule has 8 nitrogen and oxygen atoms in total. The summed E-state index contributed by atoms with van der Waals surface area (Å²) in [4.78, 5) is 36.3. The number of carbonyl (C=O) groups excluding carboxylic acids is 2. The molecule has 0 aromatic heterocycles. The number of likely N-dealkylation sites (tertiary alicyclic amines) is 1.